The first-order chi connectivity index (χ1) is 6.63. The van der Waals surface area contributed by atoms with Gasteiger partial charge in [0.15, 0.2) is 0 Å². The van der Waals surface area contributed by atoms with Gasteiger partial charge in [-0.25, -0.2) is 0 Å². The molecule has 1 saturated heterocycles. The summed E-state index contributed by atoms with van der Waals surface area (Å²) in [6, 6.07) is 2.18. The molecule has 4 heteroatoms. The van der Waals surface area contributed by atoms with Crippen LogP contribution < -0.4 is 0 Å². The highest BCUT2D eigenvalue weighted by Gasteiger charge is 2.38. The average Bonchev–Trinajstić information content (AvgIpc) is 2.49. The molecular weight excluding hydrogens is 262 g/mol. The summed E-state index contributed by atoms with van der Waals surface area (Å²) in [6.45, 7) is 5.26. The fraction of sp³-hybridized carbons (Fsp3) is 0.600. The molecule has 0 amide bonds. The number of methoxy groups -OCH3 is 1. The van der Waals surface area contributed by atoms with Crippen LogP contribution in [-0.4, -0.2) is 30.7 Å². The molecule has 1 aromatic heterocycles. The number of hydrogen-bond donors (Lipinski definition) is 0. The zero-order chi connectivity index (χ0) is 10.2. The van der Waals surface area contributed by atoms with Crippen molar-refractivity contribution >= 4 is 27.3 Å². The van der Waals surface area contributed by atoms with Crippen molar-refractivity contribution in [1.29, 1.82) is 0 Å². The number of halogens is 1. The van der Waals surface area contributed by atoms with Crippen molar-refractivity contribution in [2.24, 2.45) is 0 Å². The second-order valence-electron chi connectivity index (χ2n) is 4.02. The van der Waals surface area contributed by atoms with E-state index in [1.54, 1.807) is 18.4 Å². The molecule has 0 unspecified atom stereocenters. The molecule has 2 rings (SSSR count). The Morgan fingerprint density at radius 3 is 2.86 bits per heavy atom. The maximum atomic E-state index is 5.40. The number of rotatable bonds is 3. The molecule has 0 bridgehead atoms. The molecule has 0 aromatic carbocycles. The van der Waals surface area contributed by atoms with Gasteiger partial charge in [0.05, 0.1) is 9.39 Å². The highest BCUT2D eigenvalue weighted by atomic mass is 79.9. The van der Waals surface area contributed by atoms with Crippen LogP contribution in [0.1, 0.15) is 12.5 Å². The van der Waals surface area contributed by atoms with E-state index in [1.807, 2.05) is 0 Å². The van der Waals surface area contributed by atoms with Gasteiger partial charge in [0, 0.05) is 26.7 Å². The van der Waals surface area contributed by atoms with E-state index >= 15 is 0 Å². The molecule has 78 valence electrons. The van der Waals surface area contributed by atoms with Crippen molar-refractivity contribution in [3.05, 3.63) is 20.8 Å². The predicted molar refractivity (Wildman–Crippen MR) is 62.7 cm³/mol. The molecule has 1 aliphatic heterocycles. The van der Waals surface area contributed by atoms with Crippen molar-refractivity contribution < 1.29 is 4.74 Å². The number of thiophene rings is 1. The van der Waals surface area contributed by atoms with Crippen LogP contribution in [0.15, 0.2) is 15.2 Å². The number of ether oxygens (including phenoxy) is 1. The van der Waals surface area contributed by atoms with E-state index in [1.165, 1.54) is 9.35 Å². The standard InChI is InChI=1S/C10H14BrNOS/c1-10(13-2)6-12(7-10)5-8-3-4-14-9(8)11/h3-4H,5-7H2,1-2H3. The number of likely N-dealkylation sites (tertiary alicyclic amines) is 1. The molecular formula is C10H14BrNOS. The first kappa shape index (κ1) is 10.6. The van der Waals surface area contributed by atoms with Crippen LogP contribution >= 0.6 is 27.3 Å². The van der Waals surface area contributed by atoms with Gasteiger partial charge < -0.3 is 4.74 Å². The molecule has 0 radical (unpaired) electrons. The van der Waals surface area contributed by atoms with E-state index in [0.717, 1.165) is 19.6 Å². The van der Waals surface area contributed by atoms with Crippen molar-refractivity contribution in [2.45, 2.75) is 19.1 Å². The SMILES string of the molecule is COC1(C)CN(Cc2ccsc2Br)C1. The van der Waals surface area contributed by atoms with Crippen molar-refractivity contribution in [1.82, 2.24) is 4.90 Å². The lowest BCUT2D eigenvalue weighted by Crippen LogP contribution is -2.60. The van der Waals surface area contributed by atoms with Gasteiger partial charge >= 0.3 is 0 Å². The Hall–Kier alpha value is 0.100. The van der Waals surface area contributed by atoms with E-state index in [2.05, 4.69) is 39.2 Å². The summed E-state index contributed by atoms with van der Waals surface area (Å²) in [5.74, 6) is 0. The topological polar surface area (TPSA) is 12.5 Å². The Bertz CT molecular complexity index is 320. The molecule has 0 spiro atoms. The van der Waals surface area contributed by atoms with Gasteiger partial charge in [0.2, 0.25) is 0 Å². The highest BCUT2D eigenvalue weighted by molar-refractivity contribution is 9.11. The summed E-state index contributed by atoms with van der Waals surface area (Å²) in [6.07, 6.45) is 0. The Morgan fingerprint density at radius 1 is 1.64 bits per heavy atom. The lowest BCUT2D eigenvalue weighted by Gasteiger charge is -2.46. The van der Waals surface area contributed by atoms with Crippen molar-refractivity contribution in [3.63, 3.8) is 0 Å². The largest absolute Gasteiger partial charge is 0.376 e. The van der Waals surface area contributed by atoms with Gasteiger partial charge in [-0.15, -0.1) is 11.3 Å². The van der Waals surface area contributed by atoms with Crippen LogP contribution in [0.5, 0.6) is 0 Å². The summed E-state index contributed by atoms with van der Waals surface area (Å²) in [4.78, 5) is 2.40. The maximum absolute atomic E-state index is 5.40. The summed E-state index contributed by atoms with van der Waals surface area (Å²) < 4.78 is 6.66. The minimum absolute atomic E-state index is 0.0858. The molecule has 1 aromatic rings. The third kappa shape index (κ3) is 2.03. The fourth-order valence-corrected chi connectivity index (χ4v) is 3.03. The van der Waals surface area contributed by atoms with Gasteiger partial charge in [0.25, 0.3) is 0 Å². The maximum Gasteiger partial charge on any atom is 0.0903 e. The summed E-state index contributed by atoms with van der Waals surface area (Å²) >= 11 is 5.30. The lowest BCUT2D eigenvalue weighted by atomic mass is 9.96. The van der Waals surface area contributed by atoms with Gasteiger partial charge in [0.1, 0.15) is 0 Å². The normalized spacial score (nSPS) is 20.8. The molecule has 1 aliphatic rings. The lowest BCUT2D eigenvalue weighted by molar-refractivity contribution is -0.114. The van der Waals surface area contributed by atoms with E-state index in [-0.39, 0.29) is 5.60 Å². The molecule has 14 heavy (non-hydrogen) atoms. The van der Waals surface area contributed by atoms with Crippen LogP contribution in [0.3, 0.4) is 0 Å². The highest BCUT2D eigenvalue weighted by Crippen LogP contribution is 2.29. The van der Waals surface area contributed by atoms with Crippen molar-refractivity contribution in [3.8, 4) is 0 Å². The zero-order valence-corrected chi connectivity index (χ0v) is 10.8. The summed E-state index contributed by atoms with van der Waals surface area (Å²) in [5, 5.41) is 2.12. The molecule has 0 aliphatic carbocycles. The Morgan fingerprint density at radius 2 is 2.36 bits per heavy atom. The summed E-state index contributed by atoms with van der Waals surface area (Å²) in [5.41, 5.74) is 1.47. The van der Waals surface area contributed by atoms with Crippen LogP contribution in [0.4, 0.5) is 0 Å². The molecule has 0 N–H and O–H groups in total. The van der Waals surface area contributed by atoms with Gasteiger partial charge in [-0.3, -0.25) is 4.90 Å². The Labute approximate surface area is 97.0 Å². The van der Waals surface area contributed by atoms with E-state index in [9.17, 15) is 0 Å². The van der Waals surface area contributed by atoms with Crippen LogP contribution in [0.25, 0.3) is 0 Å². The zero-order valence-electron chi connectivity index (χ0n) is 8.42. The first-order valence-electron chi connectivity index (χ1n) is 4.62. The van der Waals surface area contributed by atoms with E-state index in [4.69, 9.17) is 4.74 Å². The van der Waals surface area contributed by atoms with Crippen LogP contribution in [0, 0.1) is 0 Å². The quantitative estimate of drug-likeness (QED) is 0.841. The monoisotopic (exact) mass is 275 g/mol. The van der Waals surface area contributed by atoms with Gasteiger partial charge in [-0.1, -0.05) is 0 Å². The molecule has 2 nitrogen and oxygen atoms in total. The second kappa shape index (κ2) is 3.93. The average molecular weight is 276 g/mol. The van der Waals surface area contributed by atoms with Gasteiger partial charge in [-0.05, 0) is 39.9 Å². The molecule has 2 heterocycles. The minimum atomic E-state index is 0.0858. The van der Waals surface area contributed by atoms with Crippen LogP contribution in [0.2, 0.25) is 0 Å². The van der Waals surface area contributed by atoms with Crippen LogP contribution in [-0.2, 0) is 11.3 Å². The molecule has 0 atom stereocenters. The van der Waals surface area contributed by atoms with Gasteiger partial charge in [-0.2, -0.15) is 0 Å². The number of nitrogens with zero attached hydrogens (tertiary/aromatic N) is 1. The number of hydrogen-bond acceptors (Lipinski definition) is 3. The summed E-state index contributed by atoms with van der Waals surface area (Å²) in [7, 11) is 1.79. The van der Waals surface area contributed by atoms with Crippen molar-refractivity contribution in [2.75, 3.05) is 20.2 Å². The van der Waals surface area contributed by atoms with E-state index in [0.29, 0.717) is 0 Å². The Kier molecular flexibility index (Phi) is 2.98. The third-order valence-electron chi connectivity index (χ3n) is 2.70. The minimum Gasteiger partial charge on any atom is -0.376 e. The first-order valence-corrected chi connectivity index (χ1v) is 6.30. The molecule has 0 saturated carbocycles. The third-order valence-corrected chi connectivity index (χ3v) is 4.51. The molecule has 1 fully saturated rings. The Balaban J connectivity index is 1.88. The smallest absolute Gasteiger partial charge is 0.0903 e. The predicted octanol–water partition coefficient (Wildman–Crippen LogP) is 2.73. The fourth-order valence-electron chi connectivity index (χ4n) is 1.81. The van der Waals surface area contributed by atoms with E-state index < -0.39 is 0 Å². The second-order valence-corrected chi connectivity index (χ2v) is 6.25.